The van der Waals surface area contributed by atoms with Crippen molar-refractivity contribution in [3.63, 3.8) is 0 Å². The number of carbonyl (C=O) groups excluding carboxylic acids is 4. The van der Waals surface area contributed by atoms with Gasteiger partial charge in [0.15, 0.2) is 11.9 Å². The lowest BCUT2D eigenvalue weighted by atomic mass is 9.84. The van der Waals surface area contributed by atoms with Gasteiger partial charge in [-0.05, 0) is 45.1 Å². The van der Waals surface area contributed by atoms with E-state index in [1.807, 2.05) is 6.92 Å². The average molecular weight is 575 g/mol. The van der Waals surface area contributed by atoms with Gasteiger partial charge in [0.2, 0.25) is 11.6 Å². The third-order valence-electron chi connectivity index (χ3n) is 7.34. The second-order valence-corrected chi connectivity index (χ2v) is 10.5. The topological polar surface area (TPSA) is 163 Å². The van der Waals surface area contributed by atoms with E-state index in [0.29, 0.717) is 12.0 Å². The number of carbonyl (C=O) groups is 4. The summed E-state index contributed by atoms with van der Waals surface area (Å²) in [6.45, 7) is 8.40. The van der Waals surface area contributed by atoms with Crippen molar-refractivity contribution < 1.29 is 43.2 Å². The van der Waals surface area contributed by atoms with Crippen LogP contribution in [0, 0.1) is 11.8 Å². The standard InChI is InChI=1S/C30H42N2O9/c1-15-12-20-26(35)23(19(5)25(34)28(20)40-8)32-29(36)16(2)10-9-11-21(38-6)27(41-30(31)37)18(4)14-17(3)24(33)22(13-15)39-7/h9-11,14-15,17,21-22,24,27,33H,12-13H2,1-8H3,(H2,31,37)(H,32,36)/b11-9+,16-10?,18-14+. The third-order valence-corrected chi connectivity index (χ3v) is 7.34. The molecule has 0 aromatic carbocycles. The molecule has 1 heterocycles. The molecule has 6 atom stereocenters. The van der Waals surface area contributed by atoms with Crippen molar-refractivity contribution in [3.8, 4) is 0 Å². The lowest BCUT2D eigenvalue weighted by Crippen LogP contribution is -2.37. The largest absolute Gasteiger partial charge is 0.492 e. The Morgan fingerprint density at radius 3 is 2.27 bits per heavy atom. The molecule has 1 aliphatic carbocycles. The molecule has 4 N–H and O–H groups in total. The summed E-state index contributed by atoms with van der Waals surface area (Å²) in [6, 6.07) is 0. The Morgan fingerprint density at radius 2 is 1.71 bits per heavy atom. The van der Waals surface area contributed by atoms with Gasteiger partial charge in [0.25, 0.3) is 5.91 Å². The molecule has 11 heteroatoms. The van der Waals surface area contributed by atoms with Gasteiger partial charge in [0.05, 0.1) is 25.0 Å². The second-order valence-electron chi connectivity index (χ2n) is 10.5. The van der Waals surface area contributed by atoms with Crippen LogP contribution in [-0.2, 0) is 33.3 Å². The Labute approximate surface area is 241 Å². The first-order chi connectivity index (χ1) is 19.3. The number of rotatable bonds is 4. The molecule has 0 aromatic rings. The van der Waals surface area contributed by atoms with Crippen molar-refractivity contribution in [1.82, 2.24) is 5.32 Å². The number of Topliss-reactive ketones (excluding diaryl/α,β-unsaturated/α-hetero) is 2. The number of nitrogens with one attached hydrogen (secondary N) is 1. The van der Waals surface area contributed by atoms with E-state index in [4.69, 9.17) is 24.7 Å². The Morgan fingerprint density at radius 1 is 1.05 bits per heavy atom. The number of aliphatic hydroxyl groups is 1. The van der Waals surface area contributed by atoms with Gasteiger partial charge in [-0.2, -0.15) is 0 Å². The number of aliphatic hydroxyl groups excluding tert-OH is 1. The zero-order chi connectivity index (χ0) is 31.0. The SMILES string of the molecule is COC1=C2CC(C)CC(OC)C(O)C(C)/C=C(\C)C(OC(N)=O)C(OC)/C=C/C=C(C)C(=O)NC(=C(C)C1=O)C2=O. The van der Waals surface area contributed by atoms with Crippen LogP contribution in [0.4, 0.5) is 4.79 Å². The zero-order valence-electron chi connectivity index (χ0n) is 25.0. The lowest BCUT2D eigenvalue weighted by molar-refractivity contribution is -0.121. The molecular weight excluding hydrogens is 532 g/mol. The number of allylic oxidation sites excluding steroid dienone is 4. The van der Waals surface area contributed by atoms with Crippen LogP contribution in [0.5, 0.6) is 0 Å². The second kappa shape index (κ2) is 14.9. The molecular formula is C30H42N2O9. The minimum absolute atomic E-state index is 0.0639. The Hall–Kier alpha value is -3.54. The quantitative estimate of drug-likeness (QED) is 0.338. The lowest BCUT2D eigenvalue weighted by Gasteiger charge is -2.30. The summed E-state index contributed by atoms with van der Waals surface area (Å²) in [5.74, 6) is -2.31. The molecule has 2 bridgehead atoms. The first-order valence-electron chi connectivity index (χ1n) is 13.4. The van der Waals surface area contributed by atoms with Crippen molar-refractivity contribution in [2.24, 2.45) is 17.6 Å². The maximum atomic E-state index is 13.5. The summed E-state index contributed by atoms with van der Waals surface area (Å²) in [6.07, 6.45) is 2.58. The highest BCUT2D eigenvalue weighted by molar-refractivity contribution is 6.25. The number of primary amides is 1. The van der Waals surface area contributed by atoms with Crippen LogP contribution < -0.4 is 11.1 Å². The molecule has 2 aliphatic rings. The molecule has 11 nitrogen and oxygen atoms in total. The van der Waals surface area contributed by atoms with Crippen molar-refractivity contribution in [3.05, 3.63) is 58.1 Å². The van der Waals surface area contributed by atoms with Crippen LogP contribution in [0.25, 0.3) is 0 Å². The fourth-order valence-electron chi connectivity index (χ4n) is 4.99. The van der Waals surface area contributed by atoms with Gasteiger partial charge >= 0.3 is 6.09 Å². The summed E-state index contributed by atoms with van der Waals surface area (Å²) in [5.41, 5.74) is 6.26. The minimum Gasteiger partial charge on any atom is -0.492 e. The highest BCUT2D eigenvalue weighted by atomic mass is 16.6. The number of ether oxygens (including phenoxy) is 4. The molecule has 226 valence electrons. The first kappa shape index (κ1) is 33.7. The molecule has 1 aliphatic heterocycles. The molecule has 41 heavy (non-hydrogen) atoms. The molecule has 0 radical (unpaired) electrons. The third kappa shape index (κ3) is 8.25. The predicted octanol–water partition coefficient (Wildman–Crippen LogP) is 2.80. The van der Waals surface area contributed by atoms with Gasteiger partial charge in [0.1, 0.15) is 6.10 Å². The summed E-state index contributed by atoms with van der Waals surface area (Å²) in [4.78, 5) is 51.4. The van der Waals surface area contributed by atoms with Crippen LogP contribution in [0.2, 0.25) is 0 Å². The average Bonchev–Trinajstić information content (AvgIpc) is 2.92. The Balaban J connectivity index is 2.65. The highest BCUT2D eigenvalue weighted by Crippen LogP contribution is 2.31. The number of ketones is 2. The number of nitrogens with two attached hydrogens (primary N) is 1. The molecule has 6 unspecified atom stereocenters. The van der Waals surface area contributed by atoms with Crippen LogP contribution in [0.15, 0.2) is 58.1 Å². The maximum Gasteiger partial charge on any atom is 0.405 e. The smallest absolute Gasteiger partial charge is 0.405 e. The molecule has 0 aromatic heterocycles. The van der Waals surface area contributed by atoms with Gasteiger partial charge in [-0.3, -0.25) is 14.4 Å². The fraction of sp³-hybridized carbons (Fsp3) is 0.533. The molecule has 0 fully saturated rings. The van der Waals surface area contributed by atoms with Gasteiger partial charge in [0, 0.05) is 36.9 Å². The first-order valence-corrected chi connectivity index (χ1v) is 13.4. The molecule has 2 rings (SSSR count). The van der Waals surface area contributed by atoms with Gasteiger partial charge in [-0.1, -0.05) is 38.2 Å². The molecule has 0 saturated heterocycles. The zero-order valence-corrected chi connectivity index (χ0v) is 25.0. The van der Waals surface area contributed by atoms with E-state index in [1.165, 1.54) is 34.3 Å². The molecule has 0 saturated carbocycles. The number of hydrogen-bond donors (Lipinski definition) is 3. The summed E-state index contributed by atoms with van der Waals surface area (Å²) >= 11 is 0. The summed E-state index contributed by atoms with van der Waals surface area (Å²) in [5, 5.41) is 13.8. The van der Waals surface area contributed by atoms with Crippen molar-refractivity contribution in [2.75, 3.05) is 21.3 Å². The fourth-order valence-corrected chi connectivity index (χ4v) is 4.99. The van der Waals surface area contributed by atoms with Gasteiger partial charge in [-0.25, -0.2) is 4.79 Å². The van der Waals surface area contributed by atoms with Crippen LogP contribution in [-0.4, -0.2) is 74.4 Å². The predicted molar refractivity (Wildman–Crippen MR) is 151 cm³/mol. The van der Waals surface area contributed by atoms with Crippen molar-refractivity contribution >= 4 is 23.6 Å². The van der Waals surface area contributed by atoms with Crippen molar-refractivity contribution in [1.29, 1.82) is 0 Å². The van der Waals surface area contributed by atoms with E-state index in [0.717, 1.165) is 0 Å². The van der Waals surface area contributed by atoms with E-state index < -0.39 is 53.9 Å². The van der Waals surface area contributed by atoms with Crippen molar-refractivity contribution in [2.45, 2.75) is 71.9 Å². The highest BCUT2D eigenvalue weighted by Gasteiger charge is 2.36. The molecule has 0 spiro atoms. The minimum atomic E-state index is -1.00. The number of amides is 2. The van der Waals surface area contributed by atoms with Crippen LogP contribution >= 0.6 is 0 Å². The van der Waals surface area contributed by atoms with Gasteiger partial charge in [-0.15, -0.1) is 0 Å². The number of hydrogen-bond acceptors (Lipinski definition) is 9. The van der Waals surface area contributed by atoms with E-state index in [2.05, 4.69) is 5.32 Å². The Bertz CT molecular complexity index is 1190. The molecule has 2 amide bonds. The monoisotopic (exact) mass is 574 g/mol. The maximum absolute atomic E-state index is 13.5. The number of fused-ring (bicyclic) bond motifs is 2. The summed E-state index contributed by atoms with van der Waals surface area (Å²) in [7, 11) is 4.23. The normalized spacial score (nSPS) is 31.2. The number of methoxy groups -OCH3 is 3. The Kier molecular flexibility index (Phi) is 12.2. The van der Waals surface area contributed by atoms with Crippen LogP contribution in [0.3, 0.4) is 0 Å². The van der Waals surface area contributed by atoms with E-state index in [1.54, 1.807) is 39.0 Å². The van der Waals surface area contributed by atoms with E-state index >= 15 is 0 Å². The van der Waals surface area contributed by atoms with E-state index in [9.17, 15) is 24.3 Å². The van der Waals surface area contributed by atoms with Gasteiger partial charge < -0.3 is 35.1 Å². The van der Waals surface area contributed by atoms with Crippen LogP contribution in [0.1, 0.15) is 47.5 Å². The van der Waals surface area contributed by atoms with E-state index in [-0.39, 0.29) is 40.5 Å². The summed E-state index contributed by atoms with van der Waals surface area (Å²) < 4.78 is 21.9.